The van der Waals surface area contributed by atoms with Crippen LogP contribution in [-0.4, -0.2) is 42.7 Å². The summed E-state index contributed by atoms with van der Waals surface area (Å²) < 4.78 is 0. The van der Waals surface area contributed by atoms with E-state index in [0.717, 1.165) is 56.4 Å². The van der Waals surface area contributed by atoms with E-state index in [1.54, 1.807) is 0 Å². The molecule has 3 N–H and O–H groups in total. The third kappa shape index (κ3) is 2.05. The van der Waals surface area contributed by atoms with Crippen LogP contribution in [-0.2, 0) is 13.0 Å². The van der Waals surface area contributed by atoms with E-state index in [1.165, 1.54) is 0 Å². The Kier molecular flexibility index (Phi) is 2.82. The smallest absolute Gasteiger partial charge is 0.255 e. The van der Waals surface area contributed by atoms with Crippen LogP contribution in [0.15, 0.2) is 4.79 Å². The first kappa shape index (κ1) is 10.7. The van der Waals surface area contributed by atoms with Crippen LogP contribution in [0.3, 0.4) is 0 Å². The maximum Gasteiger partial charge on any atom is 0.255 e. The lowest BCUT2D eigenvalue weighted by atomic mass is 10.1. The number of nitrogens with one attached hydrogen (secondary N) is 3. The molecule has 0 aromatic carbocycles. The lowest BCUT2D eigenvalue weighted by molar-refractivity contribution is 0.570. The summed E-state index contributed by atoms with van der Waals surface area (Å²) in [6, 6.07) is 0. The fourth-order valence-electron chi connectivity index (χ4n) is 2.38. The molecule has 0 spiro atoms. The Balaban J connectivity index is 1.95. The molecule has 17 heavy (non-hydrogen) atoms. The van der Waals surface area contributed by atoms with E-state index < -0.39 is 0 Å². The molecule has 2 aliphatic rings. The summed E-state index contributed by atoms with van der Waals surface area (Å²) >= 11 is 0. The zero-order chi connectivity index (χ0) is 11.7. The van der Waals surface area contributed by atoms with Crippen molar-refractivity contribution >= 4 is 5.95 Å². The van der Waals surface area contributed by atoms with Gasteiger partial charge < -0.3 is 15.5 Å². The van der Waals surface area contributed by atoms with Crippen molar-refractivity contribution in [1.82, 2.24) is 20.6 Å². The van der Waals surface area contributed by atoms with Gasteiger partial charge in [-0.25, -0.2) is 4.98 Å². The molecule has 0 radical (unpaired) electrons. The molecular formula is C11H17N5O. The molecule has 0 aliphatic carbocycles. The summed E-state index contributed by atoms with van der Waals surface area (Å²) in [4.78, 5) is 21.6. The molecule has 2 aliphatic heterocycles. The minimum absolute atomic E-state index is 0.0324. The van der Waals surface area contributed by atoms with Gasteiger partial charge >= 0.3 is 0 Å². The molecule has 0 atom stereocenters. The molecule has 0 unspecified atom stereocenters. The Hall–Kier alpha value is -1.40. The van der Waals surface area contributed by atoms with Crippen molar-refractivity contribution in [3.63, 3.8) is 0 Å². The van der Waals surface area contributed by atoms with Crippen LogP contribution in [0.1, 0.15) is 11.3 Å². The van der Waals surface area contributed by atoms with Gasteiger partial charge in [-0.2, -0.15) is 0 Å². The van der Waals surface area contributed by atoms with Crippen LogP contribution in [0.4, 0.5) is 5.95 Å². The highest BCUT2D eigenvalue weighted by Gasteiger charge is 2.18. The number of rotatable bonds is 1. The van der Waals surface area contributed by atoms with Gasteiger partial charge in [0.2, 0.25) is 5.95 Å². The van der Waals surface area contributed by atoms with Gasteiger partial charge in [0.15, 0.2) is 0 Å². The summed E-state index contributed by atoms with van der Waals surface area (Å²) in [5, 5.41) is 6.54. The van der Waals surface area contributed by atoms with Crippen LogP contribution in [0.2, 0.25) is 0 Å². The summed E-state index contributed by atoms with van der Waals surface area (Å²) in [6.07, 6.45) is 0.777. The molecule has 0 bridgehead atoms. The Labute approximate surface area is 99.4 Å². The third-order valence-electron chi connectivity index (χ3n) is 3.35. The minimum atomic E-state index is 0.0324. The van der Waals surface area contributed by atoms with E-state index in [9.17, 15) is 4.79 Å². The van der Waals surface area contributed by atoms with Crippen molar-refractivity contribution < 1.29 is 0 Å². The molecule has 3 rings (SSSR count). The number of anilines is 1. The Bertz CT molecular complexity index is 463. The van der Waals surface area contributed by atoms with Crippen molar-refractivity contribution in [1.29, 1.82) is 0 Å². The highest BCUT2D eigenvalue weighted by Crippen LogP contribution is 2.11. The van der Waals surface area contributed by atoms with Crippen LogP contribution in [0.25, 0.3) is 0 Å². The molecule has 1 saturated heterocycles. The second kappa shape index (κ2) is 4.46. The number of fused-ring (bicyclic) bond motifs is 1. The van der Waals surface area contributed by atoms with E-state index in [4.69, 9.17) is 0 Å². The van der Waals surface area contributed by atoms with Crippen molar-refractivity contribution in [2.24, 2.45) is 0 Å². The molecule has 92 valence electrons. The molecule has 1 fully saturated rings. The van der Waals surface area contributed by atoms with E-state index >= 15 is 0 Å². The van der Waals surface area contributed by atoms with Crippen molar-refractivity contribution in [3.8, 4) is 0 Å². The summed E-state index contributed by atoms with van der Waals surface area (Å²) in [5.74, 6) is 0.721. The predicted molar refractivity (Wildman–Crippen MR) is 65.4 cm³/mol. The summed E-state index contributed by atoms with van der Waals surface area (Å²) in [7, 11) is 0. The first-order chi connectivity index (χ1) is 8.34. The van der Waals surface area contributed by atoms with Gasteiger partial charge in [0.25, 0.3) is 5.56 Å². The summed E-state index contributed by atoms with van der Waals surface area (Å²) in [6.45, 7) is 5.26. The number of aromatic nitrogens is 2. The van der Waals surface area contributed by atoms with Gasteiger partial charge in [-0.3, -0.25) is 9.78 Å². The molecule has 6 nitrogen and oxygen atoms in total. The fraction of sp³-hybridized carbons (Fsp3) is 0.636. The Morgan fingerprint density at radius 3 is 2.76 bits per heavy atom. The van der Waals surface area contributed by atoms with Gasteiger partial charge in [0.1, 0.15) is 0 Å². The first-order valence-electron chi connectivity index (χ1n) is 6.13. The SMILES string of the molecule is O=c1[nH]c(N2CCNCC2)nc2c1CCNC2. The van der Waals surface area contributed by atoms with Crippen molar-refractivity contribution in [2.75, 3.05) is 37.6 Å². The number of piperazine rings is 1. The number of H-pyrrole nitrogens is 1. The minimum Gasteiger partial charge on any atom is -0.340 e. The maximum atomic E-state index is 12.0. The predicted octanol–water partition coefficient (Wildman–Crippen LogP) is -1.17. The molecule has 0 saturated carbocycles. The Morgan fingerprint density at radius 1 is 1.12 bits per heavy atom. The largest absolute Gasteiger partial charge is 0.340 e. The Morgan fingerprint density at radius 2 is 1.94 bits per heavy atom. The second-order valence-electron chi connectivity index (χ2n) is 4.48. The normalized spacial score (nSPS) is 20.1. The highest BCUT2D eigenvalue weighted by atomic mass is 16.1. The standard InChI is InChI=1S/C11H17N5O/c17-10-8-1-2-13-7-9(8)14-11(15-10)16-5-3-12-4-6-16/h12-13H,1-7H2,(H,14,15,17). The molecular weight excluding hydrogens is 218 g/mol. The summed E-state index contributed by atoms with van der Waals surface area (Å²) in [5.41, 5.74) is 1.79. The van der Waals surface area contributed by atoms with Crippen molar-refractivity contribution in [3.05, 3.63) is 21.6 Å². The van der Waals surface area contributed by atoms with Gasteiger partial charge in [-0.05, 0) is 13.0 Å². The quantitative estimate of drug-likeness (QED) is 0.572. The van der Waals surface area contributed by atoms with Crippen molar-refractivity contribution in [2.45, 2.75) is 13.0 Å². The maximum absolute atomic E-state index is 12.0. The highest BCUT2D eigenvalue weighted by molar-refractivity contribution is 5.34. The average Bonchev–Trinajstić information content (AvgIpc) is 2.40. The third-order valence-corrected chi connectivity index (χ3v) is 3.35. The number of hydrogen-bond acceptors (Lipinski definition) is 5. The second-order valence-corrected chi connectivity index (χ2v) is 4.48. The van der Waals surface area contributed by atoms with E-state index in [2.05, 4.69) is 25.5 Å². The topological polar surface area (TPSA) is 73.0 Å². The van der Waals surface area contributed by atoms with E-state index in [-0.39, 0.29) is 5.56 Å². The fourth-order valence-corrected chi connectivity index (χ4v) is 2.38. The molecule has 1 aromatic rings. The monoisotopic (exact) mass is 235 g/mol. The van der Waals surface area contributed by atoms with Gasteiger partial charge in [-0.1, -0.05) is 0 Å². The molecule has 6 heteroatoms. The van der Waals surface area contributed by atoms with E-state index in [1.807, 2.05) is 0 Å². The van der Waals surface area contributed by atoms with Crippen LogP contribution in [0.5, 0.6) is 0 Å². The van der Waals surface area contributed by atoms with E-state index in [0.29, 0.717) is 6.54 Å². The average molecular weight is 235 g/mol. The van der Waals surface area contributed by atoms with Gasteiger partial charge in [0, 0.05) is 38.3 Å². The first-order valence-corrected chi connectivity index (χ1v) is 6.13. The zero-order valence-electron chi connectivity index (χ0n) is 9.75. The van der Waals surface area contributed by atoms with Crippen LogP contribution < -0.4 is 21.1 Å². The number of hydrogen-bond donors (Lipinski definition) is 3. The lowest BCUT2D eigenvalue weighted by Crippen LogP contribution is -2.45. The molecule has 0 amide bonds. The van der Waals surface area contributed by atoms with Crippen LogP contribution >= 0.6 is 0 Å². The lowest BCUT2D eigenvalue weighted by Gasteiger charge is -2.28. The molecule has 1 aromatic heterocycles. The number of aromatic amines is 1. The number of nitrogens with zero attached hydrogens (tertiary/aromatic N) is 2. The van der Waals surface area contributed by atoms with Gasteiger partial charge in [0.05, 0.1) is 5.69 Å². The zero-order valence-corrected chi connectivity index (χ0v) is 9.75. The van der Waals surface area contributed by atoms with Crippen LogP contribution in [0, 0.1) is 0 Å². The molecule has 3 heterocycles. The van der Waals surface area contributed by atoms with Gasteiger partial charge in [-0.15, -0.1) is 0 Å².